The molecule has 22 heavy (non-hydrogen) atoms. The highest BCUT2D eigenvalue weighted by molar-refractivity contribution is 8.02. The van der Waals surface area contributed by atoms with Crippen molar-refractivity contribution in [1.29, 1.82) is 0 Å². The van der Waals surface area contributed by atoms with Gasteiger partial charge in [0.2, 0.25) is 5.91 Å². The molecule has 6 nitrogen and oxygen atoms in total. The first-order valence-corrected chi connectivity index (χ1v) is 7.74. The van der Waals surface area contributed by atoms with Crippen molar-refractivity contribution >= 4 is 29.6 Å². The molecule has 0 bridgehead atoms. The molecule has 0 aromatic heterocycles. The zero-order chi connectivity index (χ0) is 15.9. The van der Waals surface area contributed by atoms with Gasteiger partial charge in [0.25, 0.3) is 0 Å². The molecule has 7 heteroatoms. The summed E-state index contributed by atoms with van der Waals surface area (Å²) in [5, 5.41) is 9.21. The molecule has 0 unspecified atom stereocenters. The fourth-order valence-electron chi connectivity index (χ4n) is 2.74. The minimum Gasteiger partial charge on any atom is -0.480 e. The maximum absolute atomic E-state index is 12.4. The van der Waals surface area contributed by atoms with Crippen LogP contribution >= 0.6 is 11.8 Å². The highest BCUT2D eigenvalue weighted by Gasteiger charge is 2.64. The Labute approximate surface area is 131 Å². The number of rotatable bonds is 4. The maximum atomic E-state index is 12.4. The lowest BCUT2D eigenvalue weighted by atomic mass is 9.96. The summed E-state index contributed by atoms with van der Waals surface area (Å²) in [5.74, 6) is -1.98. The zero-order valence-corrected chi connectivity index (χ0v) is 12.7. The zero-order valence-electron chi connectivity index (χ0n) is 11.9. The Hall–Kier alpha value is -2.02. The van der Waals surface area contributed by atoms with Crippen LogP contribution in [-0.2, 0) is 25.7 Å². The van der Waals surface area contributed by atoms with E-state index in [2.05, 4.69) is 0 Å². The van der Waals surface area contributed by atoms with E-state index in [9.17, 15) is 19.5 Å². The first kappa shape index (κ1) is 14.9. The van der Waals surface area contributed by atoms with Gasteiger partial charge in [0.1, 0.15) is 11.4 Å². The van der Waals surface area contributed by atoms with E-state index in [1.54, 1.807) is 0 Å². The van der Waals surface area contributed by atoms with Crippen molar-refractivity contribution in [1.82, 2.24) is 4.90 Å². The van der Waals surface area contributed by atoms with Crippen LogP contribution in [0.3, 0.4) is 0 Å². The van der Waals surface area contributed by atoms with Gasteiger partial charge in [-0.15, -0.1) is 11.8 Å². The van der Waals surface area contributed by atoms with Crippen LogP contribution in [-0.4, -0.2) is 44.0 Å². The summed E-state index contributed by atoms with van der Waals surface area (Å²) in [6, 6.07) is 8.04. The van der Waals surface area contributed by atoms with E-state index in [1.165, 1.54) is 11.8 Å². The van der Waals surface area contributed by atoms with Gasteiger partial charge in [-0.2, -0.15) is 0 Å². The number of thioether (sulfide) groups is 1. The molecule has 2 saturated heterocycles. The van der Waals surface area contributed by atoms with E-state index in [4.69, 9.17) is 4.74 Å². The van der Waals surface area contributed by atoms with Crippen LogP contribution in [0, 0.1) is 0 Å². The van der Waals surface area contributed by atoms with E-state index < -0.39 is 22.7 Å². The highest BCUT2D eigenvalue weighted by Crippen LogP contribution is 2.51. The van der Waals surface area contributed by atoms with E-state index >= 15 is 0 Å². The summed E-state index contributed by atoms with van der Waals surface area (Å²) in [5.41, 5.74) is 0.810. The van der Waals surface area contributed by atoms with E-state index in [0.29, 0.717) is 0 Å². The number of ether oxygens (including phenoxy) is 1. The van der Waals surface area contributed by atoms with Crippen molar-refractivity contribution in [3.8, 4) is 0 Å². The third kappa shape index (κ3) is 2.25. The second-order valence-corrected chi connectivity index (χ2v) is 7.11. The van der Waals surface area contributed by atoms with Crippen LogP contribution in [0.15, 0.2) is 30.3 Å². The molecule has 2 aliphatic heterocycles. The minimum atomic E-state index is -1.37. The number of benzene rings is 1. The van der Waals surface area contributed by atoms with Crippen molar-refractivity contribution in [2.45, 2.75) is 36.1 Å². The molecule has 1 aromatic carbocycles. The molecule has 1 aromatic rings. The Morgan fingerprint density at radius 1 is 1.41 bits per heavy atom. The van der Waals surface area contributed by atoms with Crippen LogP contribution in [0.4, 0.5) is 0 Å². The first-order valence-electron chi connectivity index (χ1n) is 6.86. The van der Waals surface area contributed by atoms with Crippen LogP contribution < -0.4 is 0 Å². The molecule has 116 valence electrons. The van der Waals surface area contributed by atoms with Crippen molar-refractivity contribution in [2.75, 3.05) is 0 Å². The lowest BCUT2D eigenvalue weighted by Gasteiger charge is -2.37. The Morgan fingerprint density at radius 2 is 2.09 bits per heavy atom. The molecule has 2 heterocycles. The number of hydrogen-bond acceptors (Lipinski definition) is 5. The molecule has 3 atom stereocenters. The van der Waals surface area contributed by atoms with Gasteiger partial charge in [-0.3, -0.25) is 9.59 Å². The number of carbonyl (C=O) groups is 3. The van der Waals surface area contributed by atoms with Crippen molar-refractivity contribution in [3.63, 3.8) is 0 Å². The quantitative estimate of drug-likeness (QED) is 0.664. The molecule has 1 amide bonds. The molecule has 0 aliphatic carbocycles. The second kappa shape index (κ2) is 5.31. The summed E-state index contributed by atoms with van der Waals surface area (Å²) in [7, 11) is 0. The molecule has 0 spiro atoms. The number of nitrogens with zero attached hydrogens (tertiary/aromatic N) is 1. The summed E-state index contributed by atoms with van der Waals surface area (Å²) in [4.78, 5) is 37.0. The summed E-state index contributed by atoms with van der Waals surface area (Å²) in [6.07, 6.45) is 0.274. The largest absolute Gasteiger partial charge is 0.480 e. The van der Waals surface area contributed by atoms with Gasteiger partial charge in [0, 0.05) is 0 Å². The molecule has 1 N–H and O–H groups in total. The van der Waals surface area contributed by atoms with Crippen molar-refractivity contribution in [3.05, 3.63) is 35.9 Å². The van der Waals surface area contributed by atoms with Crippen LogP contribution in [0.5, 0.6) is 0 Å². The van der Waals surface area contributed by atoms with Crippen LogP contribution in [0.1, 0.15) is 18.9 Å². The minimum absolute atomic E-state index is 0.0588. The average Bonchev–Trinajstić information content (AvgIpc) is 2.75. The molecular formula is C15H15NO5S. The molecular weight excluding hydrogens is 306 g/mol. The molecule has 0 radical (unpaired) electrons. The number of β-lactam (4-membered cyclic amide) rings is 1. The van der Waals surface area contributed by atoms with E-state index in [1.807, 2.05) is 30.3 Å². The number of carboxylic acids is 1. The predicted octanol–water partition coefficient (Wildman–Crippen LogP) is 1.25. The predicted molar refractivity (Wildman–Crippen MR) is 78.9 cm³/mol. The number of fused-ring (bicyclic) bond motifs is 1. The van der Waals surface area contributed by atoms with Gasteiger partial charge in [0.05, 0.1) is 11.8 Å². The van der Waals surface area contributed by atoms with Gasteiger partial charge in [0.15, 0.2) is 6.04 Å². The summed E-state index contributed by atoms with van der Waals surface area (Å²) < 4.78 is 3.88. The number of esters is 1. The highest BCUT2D eigenvalue weighted by atomic mass is 32.2. The third-order valence-electron chi connectivity index (χ3n) is 4.00. The topological polar surface area (TPSA) is 83.9 Å². The van der Waals surface area contributed by atoms with E-state index in [-0.39, 0.29) is 24.3 Å². The summed E-state index contributed by atoms with van der Waals surface area (Å²) in [6.45, 7) is 1.53. The fourth-order valence-corrected chi connectivity index (χ4v) is 4.32. The van der Waals surface area contributed by atoms with E-state index in [0.717, 1.165) is 17.3 Å². The second-order valence-electron chi connectivity index (χ2n) is 5.49. The first-order chi connectivity index (χ1) is 10.4. The lowest BCUT2D eigenvalue weighted by molar-refractivity contribution is -0.165. The van der Waals surface area contributed by atoms with Gasteiger partial charge >= 0.3 is 11.9 Å². The smallest absolute Gasteiger partial charge is 0.331 e. The molecule has 0 saturated carbocycles. The maximum Gasteiger partial charge on any atom is 0.331 e. The number of aliphatic carboxylic acids is 1. The number of amides is 1. The molecule has 2 fully saturated rings. The third-order valence-corrected chi connectivity index (χ3v) is 5.55. The van der Waals surface area contributed by atoms with Crippen molar-refractivity contribution < 1.29 is 24.2 Å². The lowest BCUT2D eigenvalue weighted by Crippen LogP contribution is -2.59. The average molecular weight is 321 g/mol. The monoisotopic (exact) mass is 321 g/mol. The van der Waals surface area contributed by atoms with Gasteiger partial charge in [-0.05, 0) is 12.5 Å². The Bertz CT molecular complexity index is 634. The Kier molecular flexibility index (Phi) is 3.60. The molecule has 3 rings (SSSR count). The fraction of sp³-hybridized carbons (Fsp3) is 0.400. The number of carboxylic acid groups (broad SMARTS) is 1. The van der Waals surface area contributed by atoms with Crippen molar-refractivity contribution in [2.24, 2.45) is 0 Å². The number of hydrogen-bond donors (Lipinski definition) is 1. The molecule has 2 aliphatic rings. The number of carbonyl (C=O) groups excluding carboxylic acids is 2. The SMILES string of the molecule is C[C@@]1(C(=O)O)S[C@@H]2CC(=O)N2[C@H]1C(=O)OCc1ccccc1. The van der Waals surface area contributed by atoms with Gasteiger partial charge in [-0.1, -0.05) is 30.3 Å². The van der Waals surface area contributed by atoms with Crippen LogP contribution in [0.2, 0.25) is 0 Å². The van der Waals surface area contributed by atoms with Gasteiger partial charge < -0.3 is 14.7 Å². The standard InChI is InChI=1S/C15H15NO5S/c1-15(14(19)20)12(16-10(17)7-11(16)22-15)13(18)21-8-9-5-3-2-4-6-9/h2-6,11-12H,7-8H2,1H3,(H,19,20)/t11-,12+,15-/m1/s1. The Morgan fingerprint density at radius 3 is 2.68 bits per heavy atom. The van der Waals surface area contributed by atoms with Gasteiger partial charge in [-0.25, -0.2) is 4.79 Å². The normalized spacial score (nSPS) is 29.7. The van der Waals surface area contributed by atoms with Crippen LogP contribution in [0.25, 0.3) is 0 Å². The summed E-state index contributed by atoms with van der Waals surface area (Å²) >= 11 is 1.14. The Balaban J connectivity index is 1.76.